The second kappa shape index (κ2) is 8.89. The molecule has 0 bridgehead atoms. The summed E-state index contributed by atoms with van der Waals surface area (Å²) in [5.41, 5.74) is 0.999. The Hall–Kier alpha value is -1.27. The van der Waals surface area contributed by atoms with Crippen LogP contribution in [-0.4, -0.2) is 39.1 Å². The molecule has 1 unspecified atom stereocenters. The predicted octanol–water partition coefficient (Wildman–Crippen LogP) is 3.18. The predicted molar refractivity (Wildman–Crippen MR) is 75.7 cm³/mol. The van der Waals surface area contributed by atoms with Gasteiger partial charge in [-0.05, 0) is 37.1 Å². The Kier molecular flexibility index (Phi) is 7.53. The lowest BCUT2D eigenvalue weighted by Crippen LogP contribution is -2.37. The molecule has 0 fully saturated rings. The summed E-state index contributed by atoms with van der Waals surface area (Å²) in [4.78, 5) is 0. The van der Waals surface area contributed by atoms with E-state index in [-0.39, 0.29) is 12.6 Å². The average molecular weight is 305 g/mol. The van der Waals surface area contributed by atoms with Crippen LogP contribution in [0.15, 0.2) is 24.3 Å². The SMILES string of the molecule is CCCNC(COCC(F)(F)F)Cc1cccc(OC)c1. The van der Waals surface area contributed by atoms with Crippen molar-refractivity contribution in [3.63, 3.8) is 0 Å². The molecule has 120 valence electrons. The van der Waals surface area contributed by atoms with Gasteiger partial charge < -0.3 is 14.8 Å². The number of ether oxygens (including phenoxy) is 2. The summed E-state index contributed by atoms with van der Waals surface area (Å²) in [5, 5.41) is 3.21. The van der Waals surface area contributed by atoms with Crippen LogP contribution < -0.4 is 10.1 Å². The van der Waals surface area contributed by atoms with Crippen LogP contribution in [0.4, 0.5) is 13.2 Å². The molecule has 1 aromatic rings. The molecule has 1 N–H and O–H groups in total. The molecular formula is C15H22F3NO2. The molecular weight excluding hydrogens is 283 g/mol. The number of hydrogen-bond donors (Lipinski definition) is 1. The lowest BCUT2D eigenvalue weighted by Gasteiger charge is -2.19. The maximum atomic E-state index is 12.1. The molecule has 0 saturated heterocycles. The molecule has 1 rings (SSSR count). The largest absolute Gasteiger partial charge is 0.497 e. The van der Waals surface area contributed by atoms with E-state index in [1.165, 1.54) is 0 Å². The van der Waals surface area contributed by atoms with E-state index in [1.807, 2.05) is 31.2 Å². The third kappa shape index (κ3) is 7.92. The highest BCUT2D eigenvalue weighted by Crippen LogP contribution is 2.16. The van der Waals surface area contributed by atoms with E-state index in [1.54, 1.807) is 7.11 Å². The van der Waals surface area contributed by atoms with Gasteiger partial charge in [0.25, 0.3) is 0 Å². The molecule has 1 aromatic carbocycles. The van der Waals surface area contributed by atoms with Crippen molar-refractivity contribution >= 4 is 0 Å². The summed E-state index contributed by atoms with van der Waals surface area (Å²) in [6.07, 6.45) is -2.78. The minimum atomic E-state index is -4.29. The molecule has 3 nitrogen and oxygen atoms in total. The van der Waals surface area contributed by atoms with Gasteiger partial charge in [-0.2, -0.15) is 13.2 Å². The Labute approximate surface area is 123 Å². The first kappa shape index (κ1) is 17.8. The molecule has 0 aromatic heterocycles. The van der Waals surface area contributed by atoms with Crippen LogP contribution in [0.2, 0.25) is 0 Å². The Bertz CT molecular complexity index is 410. The Balaban J connectivity index is 2.55. The summed E-state index contributed by atoms with van der Waals surface area (Å²) in [6.45, 7) is 1.56. The van der Waals surface area contributed by atoms with Crippen molar-refractivity contribution in [2.45, 2.75) is 32.0 Å². The topological polar surface area (TPSA) is 30.5 Å². The average Bonchev–Trinajstić information content (AvgIpc) is 2.43. The molecule has 21 heavy (non-hydrogen) atoms. The molecule has 0 aliphatic rings. The standard InChI is InChI=1S/C15H22F3NO2/c1-3-7-19-13(10-21-11-15(16,17)18)8-12-5-4-6-14(9-12)20-2/h4-6,9,13,19H,3,7-8,10-11H2,1-2H3. The number of halogens is 3. The van der Waals surface area contributed by atoms with Crippen LogP contribution in [0.1, 0.15) is 18.9 Å². The zero-order chi connectivity index (χ0) is 15.7. The first-order chi connectivity index (χ1) is 9.94. The zero-order valence-electron chi connectivity index (χ0n) is 12.4. The van der Waals surface area contributed by atoms with Crippen LogP contribution in [0, 0.1) is 0 Å². The highest BCUT2D eigenvalue weighted by Gasteiger charge is 2.27. The van der Waals surface area contributed by atoms with Crippen molar-refractivity contribution < 1.29 is 22.6 Å². The van der Waals surface area contributed by atoms with Gasteiger partial charge in [0, 0.05) is 6.04 Å². The van der Waals surface area contributed by atoms with Crippen LogP contribution in [0.5, 0.6) is 5.75 Å². The number of alkyl halides is 3. The van der Waals surface area contributed by atoms with Crippen molar-refractivity contribution in [3.05, 3.63) is 29.8 Å². The third-order valence-electron chi connectivity index (χ3n) is 2.88. The molecule has 0 aliphatic heterocycles. The number of benzene rings is 1. The first-order valence-electron chi connectivity index (χ1n) is 6.95. The van der Waals surface area contributed by atoms with Crippen LogP contribution in [-0.2, 0) is 11.2 Å². The molecule has 0 aliphatic carbocycles. The third-order valence-corrected chi connectivity index (χ3v) is 2.88. The van der Waals surface area contributed by atoms with E-state index < -0.39 is 12.8 Å². The van der Waals surface area contributed by atoms with E-state index in [9.17, 15) is 13.2 Å². The highest BCUT2D eigenvalue weighted by atomic mass is 19.4. The minimum absolute atomic E-state index is 0.0245. The second-order valence-corrected chi connectivity index (χ2v) is 4.84. The summed E-state index contributed by atoms with van der Waals surface area (Å²) < 4.78 is 46.3. The van der Waals surface area contributed by atoms with E-state index >= 15 is 0 Å². The fourth-order valence-electron chi connectivity index (χ4n) is 1.94. The Morgan fingerprint density at radius 2 is 2.05 bits per heavy atom. The van der Waals surface area contributed by atoms with Crippen molar-refractivity contribution in [3.8, 4) is 5.75 Å². The normalized spacial score (nSPS) is 13.2. The van der Waals surface area contributed by atoms with Gasteiger partial charge in [-0.15, -0.1) is 0 Å². The molecule has 0 saturated carbocycles. The number of methoxy groups -OCH3 is 1. The lowest BCUT2D eigenvalue weighted by molar-refractivity contribution is -0.175. The van der Waals surface area contributed by atoms with Gasteiger partial charge in [0.1, 0.15) is 12.4 Å². The van der Waals surface area contributed by atoms with Crippen LogP contribution in [0.25, 0.3) is 0 Å². The summed E-state index contributed by atoms with van der Waals surface area (Å²) in [5.74, 6) is 0.734. The molecule has 0 amide bonds. The van der Waals surface area contributed by atoms with Gasteiger partial charge in [-0.1, -0.05) is 19.1 Å². The maximum absolute atomic E-state index is 12.1. The molecule has 0 radical (unpaired) electrons. The summed E-state index contributed by atoms with van der Waals surface area (Å²) in [7, 11) is 1.58. The smallest absolute Gasteiger partial charge is 0.411 e. The van der Waals surface area contributed by atoms with Crippen molar-refractivity contribution in [2.24, 2.45) is 0 Å². The van der Waals surface area contributed by atoms with Gasteiger partial charge >= 0.3 is 6.18 Å². The fraction of sp³-hybridized carbons (Fsp3) is 0.600. The van der Waals surface area contributed by atoms with Gasteiger partial charge in [0.05, 0.1) is 13.7 Å². The van der Waals surface area contributed by atoms with Gasteiger partial charge in [0.15, 0.2) is 0 Å². The first-order valence-corrected chi connectivity index (χ1v) is 6.95. The van der Waals surface area contributed by atoms with Crippen molar-refractivity contribution in [1.29, 1.82) is 0 Å². The Morgan fingerprint density at radius 3 is 2.67 bits per heavy atom. The molecule has 0 spiro atoms. The van der Waals surface area contributed by atoms with Crippen molar-refractivity contribution in [1.82, 2.24) is 5.32 Å². The monoisotopic (exact) mass is 305 g/mol. The quantitative estimate of drug-likeness (QED) is 0.760. The van der Waals surface area contributed by atoms with E-state index in [0.29, 0.717) is 6.42 Å². The number of hydrogen-bond acceptors (Lipinski definition) is 3. The molecule has 0 heterocycles. The summed E-state index contributed by atoms with van der Waals surface area (Å²) in [6, 6.07) is 7.34. The van der Waals surface area contributed by atoms with Crippen LogP contribution in [0.3, 0.4) is 0 Å². The van der Waals surface area contributed by atoms with Gasteiger partial charge in [0.2, 0.25) is 0 Å². The van der Waals surface area contributed by atoms with E-state index in [0.717, 1.165) is 24.3 Å². The fourth-order valence-corrected chi connectivity index (χ4v) is 1.94. The minimum Gasteiger partial charge on any atom is -0.497 e. The number of nitrogens with one attached hydrogen (secondary N) is 1. The molecule has 1 atom stereocenters. The zero-order valence-corrected chi connectivity index (χ0v) is 12.4. The van der Waals surface area contributed by atoms with Crippen molar-refractivity contribution in [2.75, 3.05) is 26.9 Å². The Morgan fingerprint density at radius 1 is 1.29 bits per heavy atom. The van der Waals surface area contributed by atoms with Crippen LogP contribution >= 0.6 is 0 Å². The molecule has 6 heteroatoms. The van der Waals surface area contributed by atoms with E-state index in [4.69, 9.17) is 9.47 Å². The number of rotatable bonds is 9. The lowest BCUT2D eigenvalue weighted by atomic mass is 10.1. The maximum Gasteiger partial charge on any atom is 0.411 e. The van der Waals surface area contributed by atoms with Gasteiger partial charge in [-0.3, -0.25) is 0 Å². The van der Waals surface area contributed by atoms with Gasteiger partial charge in [-0.25, -0.2) is 0 Å². The summed E-state index contributed by atoms with van der Waals surface area (Å²) >= 11 is 0. The van der Waals surface area contributed by atoms with E-state index in [2.05, 4.69) is 5.32 Å². The second-order valence-electron chi connectivity index (χ2n) is 4.84. The highest BCUT2D eigenvalue weighted by molar-refractivity contribution is 5.28.